The predicted octanol–water partition coefficient (Wildman–Crippen LogP) is 2.98. The van der Waals surface area contributed by atoms with Gasteiger partial charge in [-0.25, -0.2) is 4.39 Å². The van der Waals surface area contributed by atoms with Gasteiger partial charge in [-0.2, -0.15) is 0 Å². The minimum absolute atomic E-state index is 0.103. The van der Waals surface area contributed by atoms with Crippen LogP contribution in [-0.4, -0.2) is 5.54 Å². The molecule has 0 atom stereocenters. The van der Waals surface area contributed by atoms with Crippen LogP contribution in [0, 0.1) is 12.7 Å². The molecule has 0 saturated carbocycles. The molecule has 0 aliphatic carbocycles. The second kappa shape index (κ2) is 4.31. The number of hydrogen-bond donors (Lipinski definition) is 1. The van der Waals surface area contributed by atoms with E-state index in [1.807, 2.05) is 33.8 Å². The molecule has 0 aliphatic heterocycles. The summed E-state index contributed by atoms with van der Waals surface area (Å²) >= 11 is 0. The lowest BCUT2D eigenvalue weighted by Crippen LogP contribution is -2.34. The van der Waals surface area contributed by atoms with Gasteiger partial charge in [0.05, 0.1) is 0 Å². The maximum absolute atomic E-state index is 13.4. The average Bonchev–Trinajstić information content (AvgIpc) is 2.07. The first-order valence-electron chi connectivity index (χ1n) is 5.40. The molecule has 0 spiro atoms. The Bertz CT molecular complexity index is 350. The quantitative estimate of drug-likeness (QED) is 0.813. The van der Waals surface area contributed by atoms with Gasteiger partial charge >= 0.3 is 0 Å². The summed E-state index contributed by atoms with van der Waals surface area (Å²) in [6.45, 7) is 7.87. The van der Waals surface area contributed by atoms with Crippen LogP contribution in [0.15, 0.2) is 12.1 Å². The highest BCUT2D eigenvalue weighted by atomic mass is 19.1. The number of nitrogens with two attached hydrogens (primary N) is 1. The molecule has 1 aromatic carbocycles. The van der Waals surface area contributed by atoms with E-state index in [0.717, 1.165) is 29.5 Å². The van der Waals surface area contributed by atoms with Crippen molar-refractivity contribution in [3.63, 3.8) is 0 Å². The highest BCUT2D eigenvalue weighted by Crippen LogP contribution is 2.19. The van der Waals surface area contributed by atoms with Crippen LogP contribution in [0.4, 0.5) is 4.39 Å². The van der Waals surface area contributed by atoms with Gasteiger partial charge in [0.1, 0.15) is 5.82 Å². The minimum atomic E-state index is -0.242. The molecule has 15 heavy (non-hydrogen) atoms. The Morgan fingerprint density at radius 1 is 1.27 bits per heavy atom. The van der Waals surface area contributed by atoms with E-state index in [4.69, 9.17) is 5.73 Å². The summed E-state index contributed by atoms with van der Waals surface area (Å²) in [7, 11) is 0. The maximum atomic E-state index is 13.4. The summed E-state index contributed by atoms with van der Waals surface area (Å²) in [6.07, 6.45) is 1.51. The molecule has 84 valence electrons. The van der Waals surface area contributed by atoms with Gasteiger partial charge in [-0.05, 0) is 56.4 Å². The van der Waals surface area contributed by atoms with Crippen LogP contribution in [0.25, 0.3) is 0 Å². The first kappa shape index (κ1) is 12.2. The van der Waals surface area contributed by atoms with E-state index in [1.165, 1.54) is 0 Å². The lowest BCUT2D eigenvalue weighted by molar-refractivity contribution is 0.513. The normalized spacial score (nSPS) is 11.9. The standard InChI is InChI=1S/C13H20FN/c1-5-10-7-11(8-13(3,4)15)9(2)6-12(10)14/h6-7H,5,8,15H2,1-4H3. The predicted molar refractivity (Wildman–Crippen MR) is 62.5 cm³/mol. The van der Waals surface area contributed by atoms with Crippen LogP contribution in [0.3, 0.4) is 0 Å². The summed E-state index contributed by atoms with van der Waals surface area (Å²) < 4.78 is 13.4. The zero-order valence-electron chi connectivity index (χ0n) is 10.0. The van der Waals surface area contributed by atoms with Gasteiger partial charge in [0, 0.05) is 5.54 Å². The average molecular weight is 209 g/mol. The zero-order valence-corrected chi connectivity index (χ0v) is 10.0. The molecule has 0 heterocycles. The topological polar surface area (TPSA) is 26.0 Å². The summed E-state index contributed by atoms with van der Waals surface area (Å²) in [6, 6.07) is 3.55. The minimum Gasteiger partial charge on any atom is -0.325 e. The lowest BCUT2D eigenvalue weighted by Gasteiger charge is -2.20. The number of aryl methyl sites for hydroxylation is 2. The molecule has 0 unspecified atom stereocenters. The summed E-state index contributed by atoms with van der Waals surface area (Å²) in [5, 5.41) is 0. The van der Waals surface area contributed by atoms with Gasteiger partial charge in [0.25, 0.3) is 0 Å². The fraction of sp³-hybridized carbons (Fsp3) is 0.538. The van der Waals surface area contributed by atoms with E-state index < -0.39 is 0 Å². The van der Waals surface area contributed by atoms with E-state index in [9.17, 15) is 4.39 Å². The molecule has 0 aliphatic rings. The van der Waals surface area contributed by atoms with Crippen molar-refractivity contribution in [3.8, 4) is 0 Å². The Labute approximate surface area is 91.5 Å². The van der Waals surface area contributed by atoms with Crippen LogP contribution < -0.4 is 5.73 Å². The van der Waals surface area contributed by atoms with Crippen molar-refractivity contribution in [3.05, 3.63) is 34.6 Å². The van der Waals surface area contributed by atoms with E-state index in [-0.39, 0.29) is 11.4 Å². The molecule has 0 amide bonds. The van der Waals surface area contributed by atoms with Crippen molar-refractivity contribution in [2.24, 2.45) is 5.73 Å². The molecule has 2 heteroatoms. The van der Waals surface area contributed by atoms with E-state index in [1.54, 1.807) is 6.07 Å². The molecule has 1 aromatic rings. The molecule has 2 N–H and O–H groups in total. The zero-order chi connectivity index (χ0) is 11.6. The first-order chi connectivity index (χ1) is 6.83. The van der Waals surface area contributed by atoms with Gasteiger partial charge in [-0.1, -0.05) is 13.0 Å². The smallest absolute Gasteiger partial charge is 0.126 e. The van der Waals surface area contributed by atoms with Crippen LogP contribution >= 0.6 is 0 Å². The second-order valence-corrected chi connectivity index (χ2v) is 4.89. The first-order valence-corrected chi connectivity index (χ1v) is 5.40. The van der Waals surface area contributed by atoms with Crippen LogP contribution in [0.1, 0.15) is 37.5 Å². The maximum Gasteiger partial charge on any atom is 0.126 e. The number of rotatable bonds is 3. The van der Waals surface area contributed by atoms with Crippen LogP contribution in [0.5, 0.6) is 0 Å². The summed E-state index contributed by atoms with van der Waals surface area (Å²) in [5.41, 5.74) is 8.65. The van der Waals surface area contributed by atoms with Crippen molar-refractivity contribution >= 4 is 0 Å². The van der Waals surface area contributed by atoms with Crippen molar-refractivity contribution in [1.29, 1.82) is 0 Å². The Balaban J connectivity index is 3.08. The Kier molecular flexibility index (Phi) is 3.50. The van der Waals surface area contributed by atoms with Gasteiger partial charge in [-0.15, -0.1) is 0 Å². The highest BCUT2D eigenvalue weighted by Gasteiger charge is 2.14. The second-order valence-electron chi connectivity index (χ2n) is 4.89. The largest absolute Gasteiger partial charge is 0.325 e. The van der Waals surface area contributed by atoms with Gasteiger partial charge in [0.2, 0.25) is 0 Å². The van der Waals surface area contributed by atoms with Crippen LogP contribution in [-0.2, 0) is 12.8 Å². The SMILES string of the molecule is CCc1cc(CC(C)(C)N)c(C)cc1F. The number of hydrogen-bond acceptors (Lipinski definition) is 1. The molecule has 0 bridgehead atoms. The Hall–Kier alpha value is -0.890. The molecule has 0 fully saturated rings. The van der Waals surface area contributed by atoms with Crippen molar-refractivity contribution in [2.45, 2.75) is 46.1 Å². The van der Waals surface area contributed by atoms with E-state index in [2.05, 4.69) is 0 Å². The van der Waals surface area contributed by atoms with Gasteiger partial charge in [-0.3, -0.25) is 0 Å². The van der Waals surface area contributed by atoms with Crippen molar-refractivity contribution in [1.82, 2.24) is 0 Å². The van der Waals surface area contributed by atoms with E-state index >= 15 is 0 Å². The lowest BCUT2D eigenvalue weighted by atomic mass is 9.91. The fourth-order valence-electron chi connectivity index (χ4n) is 1.72. The summed E-state index contributed by atoms with van der Waals surface area (Å²) in [5.74, 6) is -0.103. The number of benzene rings is 1. The highest BCUT2D eigenvalue weighted by molar-refractivity contribution is 5.33. The third kappa shape index (κ3) is 3.31. The molecular formula is C13H20FN. The Morgan fingerprint density at radius 3 is 2.33 bits per heavy atom. The van der Waals surface area contributed by atoms with Crippen molar-refractivity contribution < 1.29 is 4.39 Å². The van der Waals surface area contributed by atoms with Gasteiger partial charge < -0.3 is 5.73 Å². The molecular weight excluding hydrogens is 189 g/mol. The fourth-order valence-corrected chi connectivity index (χ4v) is 1.72. The molecule has 0 saturated heterocycles. The summed E-state index contributed by atoms with van der Waals surface area (Å²) in [4.78, 5) is 0. The van der Waals surface area contributed by atoms with Crippen molar-refractivity contribution in [2.75, 3.05) is 0 Å². The Morgan fingerprint density at radius 2 is 1.87 bits per heavy atom. The van der Waals surface area contributed by atoms with E-state index in [0.29, 0.717) is 0 Å². The molecule has 1 nitrogen and oxygen atoms in total. The molecule has 1 rings (SSSR count). The number of halogens is 1. The van der Waals surface area contributed by atoms with Gasteiger partial charge in [0.15, 0.2) is 0 Å². The third-order valence-electron chi connectivity index (χ3n) is 2.53. The van der Waals surface area contributed by atoms with Crippen LogP contribution in [0.2, 0.25) is 0 Å². The molecule has 0 aromatic heterocycles. The molecule has 0 radical (unpaired) electrons. The third-order valence-corrected chi connectivity index (χ3v) is 2.53. The monoisotopic (exact) mass is 209 g/mol.